The lowest BCUT2D eigenvalue weighted by Crippen LogP contribution is -2.12. The lowest BCUT2D eigenvalue weighted by Gasteiger charge is -2.17. The molecule has 0 aliphatic heterocycles. The number of carbonyl (C=O) groups excluding carboxylic acids is 1. The molecular weight excluding hydrogens is 244 g/mol. The summed E-state index contributed by atoms with van der Waals surface area (Å²) in [7, 11) is 0. The molecule has 20 heavy (non-hydrogen) atoms. The van der Waals surface area contributed by atoms with Gasteiger partial charge >= 0.3 is 0 Å². The Bertz CT molecular complexity index is 661. The van der Waals surface area contributed by atoms with Crippen LogP contribution in [0.2, 0.25) is 0 Å². The highest BCUT2D eigenvalue weighted by molar-refractivity contribution is 5.99. The number of Topliss-reactive ketones (excluding diaryl/α,β-unsaturated/α-hetero) is 1. The van der Waals surface area contributed by atoms with Crippen LogP contribution < -0.4 is 0 Å². The summed E-state index contributed by atoms with van der Waals surface area (Å²) in [5.74, 6) is 1.03. The topological polar surface area (TPSA) is 17.1 Å². The van der Waals surface area contributed by atoms with E-state index in [1.165, 1.54) is 10.8 Å². The minimum atomic E-state index is 0.299. The van der Waals surface area contributed by atoms with Crippen molar-refractivity contribution in [2.24, 2.45) is 5.92 Å². The van der Waals surface area contributed by atoms with Crippen molar-refractivity contribution < 1.29 is 4.79 Å². The van der Waals surface area contributed by atoms with Crippen molar-refractivity contribution in [2.75, 3.05) is 0 Å². The zero-order chi connectivity index (χ0) is 13.9. The lowest BCUT2D eigenvalue weighted by atomic mass is 9.87. The van der Waals surface area contributed by atoms with Crippen LogP contribution in [0.1, 0.15) is 31.7 Å². The number of hydrogen-bond acceptors (Lipinski definition) is 1. The number of hydrogen-bond donors (Lipinski definition) is 0. The van der Waals surface area contributed by atoms with Gasteiger partial charge in [0.2, 0.25) is 0 Å². The Labute approximate surface area is 120 Å². The molecule has 102 valence electrons. The van der Waals surface area contributed by atoms with Crippen molar-refractivity contribution in [3.63, 3.8) is 0 Å². The van der Waals surface area contributed by atoms with E-state index in [2.05, 4.69) is 37.3 Å². The second-order valence-electron chi connectivity index (χ2n) is 5.85. The van der Waals surface area contributed by atoms with E-state index in [0.29, 0.717) is 12.2 Å². The molecule has 0 heterocycles. The van der Waals surface area contributed by atoms with Crippen LogP contribution in [-0.2, 0) is 11.2 Å². The molecule has 0 bridgehead atoms. The maximum absolute atomic E-state index is 12.4. The smallest absolute Gasteiger partial charge is 0.162 e. The van der Waals surface area contributed by atoms with Crippen molar-refractivity contribution in [2.45, 2.75) is 32.6 Å². The molecule has 0 saturated heterocycles. The molecule has 0 N–H and O–H groups in total. The Balaban J connectivity index is 1.85. The molecule has 2 aromatic rings. The van der Waals surface area contributed by atoms with Gasteiger partial charge in [0.15, 0.2) is 5.78 Å². The van der Waals surface area contributed by atoms with Gasteiger partial charge < -0.3 is 0 Å². The fraction of sp³-hybridized carbons (Fsp3) is 0.316. The van der Waals surface area contributed by atoms with E-state index in [-0.39, 0.29) is 0 Å². The van der Waals surface area contributed by atoms with E-state index in [4.69, 9.17) is 0 Å². The molecular formula is C19H20O. The maximum Gasteiger partial charge on any atom is 0.162 e. The Morgan fingerprint density at radius 1 is 1.15 bits per heavy atom. The van der Waals surface area contributed by atoms with Crippen molar-refractivity contribution in [3.8, 4) is 0 Å². The molecule has 1 heteroatoms. The van der Waals surface area contributed by atoms with Gasteiger partial charge in [0.25, 0.3) is 0 Å². The van der Waals surface area contributed by atoms with Gasteiger partial charge in [-0.05, 0) is 47.1 Å². The lowest BCUT2D eigenvalue weighted by molar-refractivity contribution is -0.115. The van der Waals surface area contributed by atoms with Gasteiger partial charge in [-0.3, -0.25) is 4.79 Å². The summed E-state index contributed by atoms with van der Waals surface area (Å²) in [4.78, 5) is 12.4. The first-order valence-electron chi connectivity index (χ1n) is 7.43. The summed E-state index contributed by atoms with van der Waals surface area (Å²) >= 11 is 0. The summed E-state index contributed by atoms with van der Waals surface area (Å²) in [6, 6.07) is 14.5. The number of carbonyl (C=O) groups is 1. The molecule has 1 aliphatic carbocycles. The number of fused-ring (bicyclic) bond motifs is 1. The third-order valence-electron chi connectivity index (χ3n) is 4.26. The summed E-state index contributed by atoms with van der Waals surface area (Å²) in [5, 5.41) is 2.41. The van der Waals surface area contributed by atoms with E-state index in [1.807, 2.05) is 18.2 Å². The number of ketones is 1. The quantitative estimate of drug-likeness (QED) is 0.785. The van der Waals surface area contributed by atoms with Crippen LogP contribution in [0.3, 0.4) is 0 Å². The van der Waals surface area contributed by atoms with Crippen molar-refractivity contribution >= 4 is 16.6 Å². The Hall–Kier alpha value is -1.89. The molecule has 0 aromatic heterocycles. The molecule has 0 saturated carbocycles. The minimum absolute atomic E-state index is 0.299. The molecule has 0 fully saturated rings. The van der Waals surface area contributed by atoms with Gasteiger partial charge in [0.05, 0.1) is 0 Å². The van der Waals surface area contributed by atoms with E-state index < -0.39 is 0 Å². The SMILES string of the molecule is CC1CC=C(C(=O)Cc2cccc3ccccc23)CC1. The maximum atomic E-state index is 12.4. The summed E-state index contributed by atoms with van der Waals surface area (Å²) in [5.41, 5.74) is 2.18. The highest BCUT2D eigenvalue weighted by Crippen LogP contribution is 2.25. The van der Waals surface area contributed by atoms with Crippen LogP contribution in [-0.4, -0.2) is 5.78 Å². The van der Waals surface area contributed by atoms with Gasteiger partial charge in [-0.1, -0.05) is 55.5 Å². The average molecular weight is 264 g/mol. The van der Waals surface area contributed by atoms with Gasteiger partial charge in [-0.2, -0.15) is 0 Å². The zero-order valence-corrected chi connectivity index (χ0v) is 11.9. The minimum Gasteiger partial charge on any atom is -0.294 e. The Morgan fingerprint density at radius 2 is 1.95 bits per heavy atom. The second-order valence-corrected chi connectivity index (χ2v) is 5.85. The first kappa shape index (κ1) is 13.1. The third-order valence-corrected chi connectivity index (χ3v) is 4.26. The van der Waals surface area contributed by atoms with Crippen LogP contribution >= 0.6 is 0 Å². The van der Waals surface area contributed by atoms with Crippen LogP contribution in [0.15, 0.2) is 54.1 Å². The number of rotatable bonds is 3. The van der Waals surface area contributed by atoms with Crippen molar-refractivity contribution in [3.05, 3.63) is 59.7 Å². The highest BCUT2D eigenvalue weighted by atomic mass is 16.1. The van der Waals surface area contributed by atoms with E-state index in [9.17, 15) is 4.79 Å². The largest absolute Gasteiger partial charge is 0.294 e. The third kappa shape index (κ3) is 2.67. The summed E-state index contributed by atoms with van der Waals surface area (Å²) in [6.45, 7) is 2.25. The first-order chi connectivity index (χ1) is 9.74. The number of benzene rings is 2. The highest BCUT2D eigenvalue weighted by Gasteiger charge is 2.16. The van der Waals surface area contributed by atoms with Crippen LogP contribution in [0, 0.1) is 5.92 Å². The van der Waals surface area contributed by atoms with Crippen LogP contribution in [0.5, 0.6) is 0 Å². The fourth-order valence-corrected chi connectivity index (χ4v) is 2.95. The van der Waals surface area contributed by atoms with Crippen LogP contribution in [0.25, 0.3) is 10.8 Å². The second kappa shape index (κ2) is 5.62. The van der Waals surface area contributed by atoms with Crippen molar-refractivity contribution in [1.82, 2.24) is 0 Å². The van der Waals surface area contributed by atoms with E-state index in [1.54, 1.807) is 0 Å². The zero-order valence-electron chi connectivity index (χ0n) is 11.9. The van der Waals surface area contributed by atoms with Crippen LogP contribution in [0.4, 0.5) is 0 Å². The molecule has 1 unspecified atom stereocenters. The predicted octanol–water partition coefficient (Wildman–Crippen LogP) is 4.70. The van der Waals surface area contributed by atoms with Gasteiger partial charge in [0.1, 0.15) is 0 Å². The standard InChI is InChI=1S/C19H20O/c1-14-9-11-16(12-10-14)19(20)13-17-7-4-6-15-5-2-3-8-18(15)17/h2-8,11,14H,9-10,12-13H2,1H3. The molecule has 0 amide bonds. The first-order valence-corrected chi connectivity index (χ1v) is 7.43. The molecule has 0 radical (unpaired) electrons. The molecule has 2 aromatic carbocycles. The number of allylic oxidation sites excluding steroid dienone is 2. The fourth-order valence-electron chi connectivity index (χ4n) is 2.95. The van der Waals surface area contributed by atoms with E-state index >= 15 is 0 Å². The molecule has 3 rings (SSSR count). The monoisotopic (exact) mass is 264 g/mol. The summed E-state index contributed by atoms with van der Waals surface area (Å²) < 4.78 is 0. The normalized spacial score (nSPS) is 18.9. The van der Waals surface area contributed by atoms with E-state index in [0.717, 1.165) is 36.3 Å². The molecule has 0 spiro atoms. The Morgan fingerprint density at radius 3 is 2.75 bits per heavy atom. The van der Waals surface area contributed by atoms with Gasteiger partial charge in [0, 0.05) is 6.42 Å². The predicted molar refractivity (Wildman–Crippen MR) is 83.8 cm³/mol. The summed E-state index contributed by atoms with van der Waals surface area (Å²) in [6.07, 6.45) is 5.83. The Kier molecular flexibility index (Phi) is 3.68. The molecule has 1 atom stereocenters. The average Bonchev–Trinajstić information content (AvgIpc) is 2.48. The van der Waals surface area contributed by atoms with Gasteiger partial charge in [-0.25, -0.2) is 0 Å². The van der Waals surface area contributed by atoms with Crippen molar-refractivity contribution in [1.29, 1.82) is 0 Å². The van der Waals surface area contributed by atoms with Gasteiger partial charge in [-0.15, -0.1) is 0 Å². The molecule has 1 aliphatic rings. The molecule has 1 nitrogen and oxygen atoms in total.